The van der Waals surface area contributed by atoms with Gasteiger partial charge in [0.1, 0.15) is 0 Å². The van der Waals surface area contributed by atoms with Gasteiger partial charge in [-0.25, -0.2) is 0 Å². The lowest BCUT2D eigenvalue weighted by atomic mass is 9.99. The third-order valence-corrected chi connectivity index (χ3v) is 3.17. The van der Waals surface area contributed by atoms with E-state index in [1.54, 1.807) is 22.8 Å². The zero-order valence-corrected chi connectivity index (χ0v) is 9.83. The van der Waals surface area contributed by atoms with Crippen molar-refractivity contribution in [3.63, 3.8) is 0 Å². The van der Waals surface area contributed by atoms with Crippen molar-refractivity contribution in [2.75, 3.05) is 13.1 Å². The molecule has 1 aliphatic heterocycles. The predicted molar refractivity (Wildman–Crippen MR) is 59.4 cm³/mol. The van der Waals surface area contributed by atoms with E-state index >= 15 is 0 Å². The minimum Gasteiger partial charge on any atom is -0.481 e. The molecule has 1 aromatic heterocycles. The first-order valence-electron chi connectivity index (χ1n) is 5.49. The summed E-state index contributed by atoms with van der Waals surface area (Å²) in [5.74, 6) is -1.45. The lowest BCUT2D eigenvalue weighted by molar-refractivity contribution is -0.142. The molecule has 0 saturated carbocycles. The average Bonchev–Trinajstić information content (AvgIpc) is 2.83. The van der Waals surface area contributed by atoms with Crippen molar-refractivity contribution >= 4 is 11.9 Å². The summed E-state index contributed by atoms with van der Waals surface area (Å²) in [7, 11) is 1.74. The Labute approximate surface area is 98.8 Å². The Balaban J connectivity index is 2.10. The van der Waals surface area contributed by atoms with E-state index in [0.717, 1.165) is 0 Å². The minimum atomic E-state index is -0.834. The maximum Gasteiger partial charge on any atom is 0.308 e. The molecule has 0 aromatic carbocycles. The Bertz CT molecular complexity index is 455. The maximum atomic E-state index is 12.1. The molecule has 2 rings (SSSR count). The molecule has 1 N–H and O–H groups in total. The fraction of sp³-hybridized carbons (Fsp3) is 0.545. The van der Waals surface area contributed by atoms with Crippen molar-refractivity contribution in [1.82, 2.24) is 14.7 Å². The van der Waals surface area contributed by atoms with Crippen LogP contribution in [0.25, 0.3) is 0 Å². The first-order chi connectivity index (χ1) is 7.99. The number of nitrogens with zero attached hydrogens (tertiary/aromatic N) is 3. The molecule has 17 heavy (non-hydrogen) atoms. The molecule has 1 fully saturated rings. The number of carboxylic acid groups (broad SMARTS) is 1. The van der Waals surface area contributed by atoms with Crippen LogP contribution in [0.15, 0.2) is 12.4 Å². The fourth-order valence-corrected chi connectivity index (χ4v) is 2.17. The van der Waals surface area contributed by atoms with Gasteiger partial charge in [-0.15, -0.1) is 0 Å². The number of carbonyl (C=O) groups is 2. The number of aromatic nitrogens is 2. The van der Waals surface area contributed by atoms with Crippen LogP contribution in [0.1, 0.15) is 17.3 Å². The summed E-state index contributed by atoms with van der Waals surface area (Å²) < 4.78 is 1.56. The van der Waals surface area contributed by atoms with Gasteiger partial charge in [0, 0.05) is 26.3 Å². The minimum absolute atomic E-state index is 0.00637. The van der Waals surface area contributed by atoms with Crippen LogP contribution in [0.5, 0.6) is 0 Å². The van der Waals surface area contributed by atoms with E-state index in [0.29, 0.717) is 12.1 Å². The van der Waals surface area contributed by atoms with Crippen LogP contribution in [-0.4, -0.2) is 44.8 Å². The molecule has 1 saturated heterocycles. The van der Waals surface area contributed by atoms with Crippen LogP contribution in [0.3, 0.4) is 0 Å². The van der Waals surface area contributed by atoms with Gasteiger partial charge in [-0.3, -0.25) is 14.3 Å². The molecule has 0 bridgehead atoms. The van der Waals surface area contributed by atoms with Crippen molar-refractivity contribution in [1.29, 1.82) is 0 Å². The first-order valence-corrected chi connectivity index (χ1v) is 5.49. The Morgan fingerprint density at radius 2 is 2.18 bits per heavy atom. The standard InChI is InChI=1S/C11H15N3O3/c1-7-4-14(6-9(7)11(16)17)10(15)8-3-12-13(2)5-8/h3,5,7,9H,4,6H2,1-2H3,(H,16,17)/t7-,9-/m1/s1. The molecule has 0 spiro atoms. The molecule has 1 aromatic rings. The van der Waals surface area contributed by atoms with Crippen LogP contribution in [-0.2, 0) is 11.8 Å². The van der Waals surface area contributed by atoms with Gasteiger partial charge in [0.25, 0.3) is 5.91 Å². The van der Waals surface area contributed by atoms with E-state index in [4.69, 9.17) is 5.11 Å². The molecule has 2 atom stereocenters. The van der Waals surface area contributed by atoms with Gasteiger partial charge in [-0.2, -0.15) is 5.10 Å². The molecule has 2 heterocycles. The molecule has 6 heteroatoms. The molecular weight excluding hydrogens is 222 g/mol. The Morgan fingerprint density at radius 1 is 1.47 bits per heavy atom. The quantitative estimate of drug-likeness (QED) is 0.798. The number of amides is 1. The molecule has 6 nitrogen and oxygen atoms in total. The van der Waals surface area contributed by atoms with E-state index in [9.17, 15) is 9.59 Å². The van der Waals surface area contributed by atoms with Crippen molar-refractivity contribution in [2.45, 2.75) is 6.92 Å². The number of carbonyl (C=O) groups excluding carboxylic acids is 1. The molecule has 1 aliphatic rings. The largest absolute Gasteiger partial charge is 0.481 e. The second-order valence-electron chi connectivity index (χ2n) is 4.53. The highest BCUT2D eigenvalue weighted by Gasteiger charge is 2.37. The normalized spacial score (nSPS) is 24.0. The molecule has 1 amide bonds. The third-order valence-electron chi connectivity index (χ3n) is 3.17. The number of rotatable bonds is 2. The van der Waals surface area contributed by atoms with Crippen molar-refractivity contribution in [2.24, 2.45) is 18.9 Å². The summed E-state index contributed by atoms with van der Waals surface area (Å²) in [5, 5.41) is 12.9. The molecule has 0 aliphatic carbocycles. The number of hydrogen-bond acceptors (Lipinski definition) is 3. The molecule has 0 radical (unpaired) electrons. The second kappa shape index (κ2) is 4.20. The van der Waals surface area contributed by atoms with Crippen molar-refractivity contribution in [3.05, 3.63) is 18.0 Å². The van der Waals surface area contributed by atoms with Gasteiger partial charge in [-0.05, 0) is 5.92 Å². The highest BCUT2D eigenvalue weighted by Crippen LogP contribution is 2.24. The van der Waals surface area contributed by atoms with Crippen LogP contribution in [0.4, 0.5) is 0 Å². The number of hydrogen-bond donors (Lipinski definition) is 1. The van der Waals surface area contributed by atoms with Crippen molar-refractivity contribution < 1.29 is 14.7 Å². The smallest absolute Gasteiger partial charge is 0.308 e. The Hall–Kier alpha value is -1.85. The first kappa shape index (κ1) is 11.6. The monoisotopic (exact) mass is 237 g/mol. The average molecular weight is 237 g/mol. The van der Waals surface area contributed by atoms with Crippen LogP contribution in [0, 0.1) is 11.8 Å². The van der Waals surface area contributed by atoms with E-state index in [-0.39, 0.29) is 18.4 Å². The summed E-state index contributed by atoms with van der Waals surface area (Å²) in [5.41, 5.74) is 0.505. The number of aryl methyl sites for hydroxylation is 1. The lowest BCUT2D eigenvalue weighted by Crippen LogP contribution is -2.29. The highest BCUT2D eigenvalue weighted by molar-refractivity contribution is 5.94. The second-order valence-corrected chi connectivity index (χ2v) is 4.53. The van der Waals surface area contributed by atoms with Crippen LogP contribution >= 0.6 is 0 Å². The van der Waals surface area contributed by atoms with Gasteiger partial charge in [0.15, 0.2) is 0 Å². The van der Waals surface area contributed by atoms with E-state index < -0.39 is 11.9 Å². The van der Waals surface area contributed by atoms with Crippen LogP contribution in [0.2, 0.25) is 0 Å². The van der Waals surface area contributed by atoms with E-state index in [2.05, 4.69) is 5.10 Å². The summed E-state index contributed by atoms with van der Waals surface area (Å²) in [4.78, 5) is 24.6. The van der Waals surface area contributed by atoms with E-state index in [1.807, 2.05) is 6.92 Å². The van der Waals surface area contributed by atoms with Gasteiger partial charge in [0.05, 0.1) is 17.7 Å². The highest BCUT2D eigenvalue weighted by atomic mass is 16.4. The topological polar surface area (TPSA) is 75.4 Å². The Kier molecular flexibility index (Phi) is 2.87. The Morgan fingerprint density at radius 3 is 2.65 bits per heavy atom. The SMILES string of the molecule is C[C@@H]1CN(C(=O)c2cnn(C)c2)C[C@H]1C(=O)O. The zero-order valence-electron chi connectivity index (χ0n) is 9.83. The maximum absolute atomic E-state index is 12.1. The summed E-state index contributed by atoms with van der Waals surface area (Å²) in [6.45, 7) is 2.63. The third kappa shape index (κ3) is 2.15. The van der Waals surface area contributed by atoms with Gasteiger partial charge in [-0.1, -0.05) is 6.92 Å². The summed E-state index contributed by atoms with van der Waals surface area (Å²) in [6, 6.07) is 0. The summed E-state index contributed by atoms with van der Waals surface area (Å²) >= 11 is 0. The molecular formula is C11H15N3O3. The van der Waals surface area contributed by atoms with Gasteiger partial charge < -0.3 is 10.0 Å². The number of carboxylic acids is 1. The summed E-state index contributed by atoms with van der Waals surface area (Å²) in [6.07, 6.45) is 3.14. The lowest BCUT2D eigenvalue weighted by Gasteiger charge is -2.14. The zero-order chi connectivity index (χ0) is 12.6. The molecule has 92 valence electrons. The van der Waals surface area contributed by atoms with Crippen LogP contribution < -0.4 is 0 Å². The van der Waals surface area contributed by atoms with E-state index in [1.165, 1.54) is 6.20 Å². The fourth-order valence-electron chi connectivity index (χ4n) is 2.17. The van der Waals surface area contributed by atoms with Crippen molar-refractivity contribution in [3.8, 4) is 0 Å². The van der Waals surface area contributed by atoms with Gasteiger partial charge >= 0.3 is 5.97 Å². The number of aliphatic carboxylic acids is 1. The van der Waals surface area contributed by atoms with Gasteiger partial charge in [0.2, 0.25) is 0 Å². The number of likely N-dealkylation sites (tertiary alicyclic amines) is 1. The molecule has 0 unspecified atom stereocenters. The predicted octanol–water partition coefficient (Wildman–Crippen LogP) is 0.213.